The van der Waals surface area contributed by atoms with E-state index in [-0.39, 0.29) is 28.4 Å². The van der Waals surface area contributed by atoms with Crippen molar-refractivity contribution in [3.05, 3.63) is 149 Å². The fourth-order valence-corrected chi connectivity index (χ4v) is 12.6. The van der Waals surface area contributed by atoms with Crippen molar-refractivity contribution in [2.45, 2.75) is 117 Å². The van der Waals surface area contributed by atoms with Crippen LogP contribution in [0.4, 0.5) is 34.1 Å². The van der Waals surface area contributed by atoms with E-state index in [0.717, 1.165) is 62.1 Å². The predicted molar refractivity (Wildman–Crippen MR) is 263 cm³/mol. The third kappa shape index (κ3) is 5.25. The zero-order valence-electron chi connectivity index (χ0n) is 40.8. The molecule has 12 rings (SSSR count). The molecule has 3 heterocycles. The maximum absolute atomic E-state index is 9.06. The van der Waals surface area contributed by atoms with Crippen LogP contribution in [0.2, 0.25) is 0 Å². The molecule has 3 nitrogen and oxygen atoms in total. The smallest absolute Gasteiger partial charge is 0.297 e. The van der Waals surface area contributed by atoms with Crippen LogP contribution >= 0.6 is 0 Å². The summed E-state index contributed by atoms with van der Waals surface area (Å²) in [5.74, 6) is 1.37. The average Bonchev–Trinajstić information content (AvgIpc) is 4.03. The van der Waals surface area contributed by atoms with Gasteiger partial charge in [-0.3, -0.25) is 0 Å². The molecule has 2 aliphatic heterocycles. The van der Waals surface area contributed by atoms with E-state index in [4.69, 9.17) is 8.53 Å². The lowest BCUT2D eigenvalue weighted by Crippen LogP contribution is -2.61. The topological polar surface area (TPSA) is 19.6 Å². The molecule has 4 heteroatoms. The number of benzene rings is 6. The highest BCUT2D eigenvalue weighted by Gasteiger charge is 2.57. The van der Waals surface area contributed by atoms with E-state index in [1.54, 1.807) is 0 Å². The second-order valence-corrected chi connectivity index (χ2v) is 22.5. The molecule has 3 unspecified atom stereocenters. The van der Waals surface area contributed by atoms with Crippen LogP contribution in [0.1, 0.15) is 125 Å². The summed E-state index contributed by atoms with van der Waals surface area (Å²) in [6.45, 7) is 17.7. The van der Waals surface area contributed by atoms with Crippen LogP contribution in [0.5, 0.6) is 0 Å². The van der Waals surface area contributed by atoms with Gasteiger partial charge in [-0.1, -0.05) is 129 Å². The molecule has 5 aliphatic rings. The van der Waals surface area contributed by atoms with Gasteiger partial charge < -0.3 is 14.2 Å². The number of anilines is 6. The molecule has 2 bridgehead atoms. The Kier molecular flexibility index (Phi) is 7.11. The second kappa shape index (κ2) is 12.6. The van der Waals surface area contributed by atoms with E-state index in [9.17, 15) is 0 Å². The van der Waals surface area contributed by atoms with Crippen LogP contribution < -0.4 is 26.4 Å². The van der Waals surface area contributed by atoms with Crippen LogP contribution in [0.3, 0.4) is 0 Å². The highest BCUT2D eigenvalue weighted by atomic mass is 16.3. The van der Waals surface area contributed by atoms with Gasteiger partial charge in [0.1, 0.15) is 5.58 Å². The molecule has 7 aromatic rings. The number of furan rings is 1. The maximum Gasteiger partial charge on any atom is 0.297 e. The molecule has 0 saturated heterocycles. The van der Waals surface area contributed by atoms with Crippen LogP contribution in [0.15, 0.2) is 120 Å². The van der Waals surface area contributed by atoms with Gasteiger partial charge in [-0.2, -0.15) is 0 Å². The summed E-state index contributed by atoms with van der Waals surface area (Å²) in [6, 6.07) is 42.8. The summed E-state index contributed by atoms with van der Waals surface area (Å²) in [4.78, 5) is 4.73. The van der Waals surface area contributed by atoms with E-state index in [2.05, 4.69) is 175 Å². The van der Waals surface area contributed by atoms with E-state index in [0.29, 0.717) is 11.5 Å². The first-order valence-electron chi connectivity index (χ1n) is 24.6. The van der Waals surface area contributed by atoms with Gasteiger partial charge in [0.05, 0.1) is 11.3 Å². The summed E-state index contributed by atoms with van der Waals surface area (Å²) in [6.07, 6.45) is 5.08. The highest BCUT2D eigenvalue weighted by Crippen LogP contribution is 2.66. The number of hydrogen-bond acceptors (Lipinski definition) is 3. The molecule has 2 saturated carbocycles. The third-order valence-electron chi connectivity index (χ3n) is 15.7. The zero-order valence-corrected chi connectivity index (χ0v) is 37.8. The molecule has 310 valence electrons. The Hall–Kier alpha value is -5.48. The predicted octanol–water partition coefficient (Wildman–Crippen LogP) is 13.8. The average molecular weight is 814 g/mol. The first-order chi connectivity index (χ1) is 30.7. The van der Waals surface area contributed by atoms with Crippen LogP contribution in [-0.4, -0.2) is 6.71 Å². The van der Waals surface area contributed by atoms with E-state index in [1.165, 1.54) is 70.1 Å². The molecule has 0 N–H and O–H groups in total. The van der Waals surface area contributed by atoms with Crippen molar-refractivity contribution in [2.75, 3.05) is 9.80 Å². The summed E-state index contributed by atoms with van der Waals surface area (Å²) in [5, 5.41) is 1.03. The van der Waals surface area contributed by atoms with Crippen molar-refractivity contribution in [2.24, 2.45) is 11.8 Å². The van der Waals surface area contributed by atoms with Gasteiger partial charge in [0.15, 0.2) is 0 Å². The number of hydrogen-bond donors (Lipinski definition) is 0. The molecular weight excluding hydrogens is 751 g/mol. The minimum absolute atomic E-state index is 0.00678. The molecule has 3 atom stereocenters. The van der Waals surface area contributed by atoms with E-state index < -0.39 is 6.85 Å². The van der Waals surface area contributed by atoms with E-state index >= 15 is 0 Å². The fraction of sp³-hybridized carbons (Fsp3) is 0.345. The SMILES string of the molecule is [2H]C([2H])([2H])c1cc2c3c(c1)N(c1ccc(C(C)(C)C)cc1)c1c(oc4ccc(C(C)(C)C)cc14)B3c1cc(C(C)(C)C)ccc1N2c1ccc2c(c1)C1(CC3CCC1C3)c1ccccc1-2. The van der Waals surface area contributed by atoms with Gasteiger partial charge in [0, 0.05) is 43.4 Å². The lowest BCUT2D eigenvalue weighted by atomic mass is 9.35. The van der Waals surface area contributed by atoms with Crippen LogP contribution in [-0.2, 0) is 21.7 Å². The van der Waals surface area contributed by atoms with Crippen molar-refractivity contribution in [3.63, 3.8) is 0 Å². The quantitative estimate of drug-likeness (QED) is 0.162. The van der Waals surface area contributed by atoms with Gasteiger partial charge in [-0.15, -0.1) is 0 Å². The van der Waals surface area contributed by atoms with Crippen LogP contribution in [0.25, 0.3) is 22.1 Å². The Labute approximate surface area is 373 Å². The maximum atomic E-state index is 9.06. The number of nitrogens with zero attached hydrogens (tertiary/aromatic N) is 2. The number of aryl methyl sites for hydroxylation is 1. The summed E-state index contributed by atoms with van der Waals surface area (Å²) in [7, 11) is 0. The fourth-order valence-electron chi connectivity index (χ4n) is 12.6. The Morgan fingerprint density at radius 3 is 1.98 bits per heavy atom. The molecule has 1 aromatic heterocycles. The van der Waals surface area contributed by atoms with E-state index in [1.807, 2.05) is 12.1 Å². The molecule has 2 fully saturated rings. The first kappa shape index (κ1) is 35.0. The first-order valence-corrected chi connectivity index (χ1v) is 23.1. The summed E-state index contributed by atoms with van der Waals surface area (Å²) >= 11 is 0. The molecule has 1 spiro atoms. The lowest BCUT2D eigenvalue weighted by molar-refractivity contribution is 0.327. The van der Waals surface area contributed by atoms with Gasteiger partial charge in [-0.25, -0.2) is 0 Å². The molecule has 62 heavy (non-hydrogen) atoms. The zero-order chi connectivity index (χ0) is 45.3. The molecule has 6 aromatic carbocycles. The standard InChI is InChI=1S/C58H59BN2O/c1-34-27-49-52-50(28-34)61(40-21-17-36(18-22-40)55(2,3)4)53-44-30-37(56(5,6)7)20-26-51(44)62-54(53)59(52)47-31-38(57(8,9)10)19-25-48(47)60(49)41-23-24-43-42-13-11-12-14-45(42)58(46(43)32-41)33-35-15-16-39(58)29-35/h11-14,17-28,30-32,35,39H,15-16,29,33H2,1-10H3/i1D3. The van der Waals surface area contributed by atoms with Gasteiger partial charge in [-0.05, 0) is 164 Å². The molecular formula is C58H59BN2O. The second-order valence-electron chi connectivity index (χ2n) is 22.5. The van der Waals surface area contributed by atoms with Crippen molar-refractivity contribution in [1.29, 1.82) is 0 Å². The number of rotatable bonds is 2. The highest BCUT2D eigenvalue weighted by molar-refractivity contribution is 7.00. The van der Waals surface area contributed by atoms with Gasteiger partial charge >= 0.3 is 0 Å². The number of fused-ring (bicyclic) bond motifs is 14. The molecule has 0 amide bonds. The normalized spacial score (nSPS) is 21.7. The Balaban J connectivity index is 1.18. The minimum atomic E-state index is -2.37. The monoisotopic (exact) mass is 813 g/mol. The largest absolute Gasteiger partial charge is 0.468 e. The van der Waals surface area contributed by atoms with Crippen molar-refractivity contribution in [1.82, 2.24) is 0 Å². The Morgan fingerprint density at radius 2 is 1.29 bits per heavy atom. The van der Waals surface area contributed by atoms with Gasteiger partial charge in [0.25, 0.3) is 6.71 Å². The third-order valence-corrected chi connectivity index (χ3v) is 15.7. The van der Waals surface area contributed by atoms with Gasteiger partial charge in [0.2, 0.25) is 0 Å². The molecule has 3 aliphatic carbocycles. The summed E-state index contributed by atoms with van der Waals surface area (Å²) in [5.41, 5.74) is 19.2. The lowest BCUT2D eigenvalue weighted by Gasteiger charge is -2.43. The molecule has 0 radical (unpaired) electrons. The van der Waals surface area contributed by atoms with Crippen molar-refractivity contribution >= 4 is 68.4 Å². The Morgan fingerprint density at radius 1 is 0.629 bits per heavy atom. The van der Waals surface area contributed by atoms with Crippen molar-refractivity contribution in [3.8, 4) is 11.1 Å². The minimum Gasteiger partial charge on any atom is -0.468 e. The summed E-state index contributed by atoms with van der Waals surface area (Å²) < 4.78 is 34.5. The Bertz CT molecular complexity index is 3140. The van der Waals surface area contributed by atoms with Crippen LogP contribution in [0, 0.1) is 18.7 Å². The van der Waals surface area contributed by atoms with Crippen molar-refractivity contribution < 1.29 is 8.53 Å².